The van der Waals surface area contributed by atoms with Gasteiger partial charge in [-0.1, -0.05) is 68.5 Å². The van der Waals surface area contributed by atoms with E-state index in [1.165, 1.54) is 18.2 Å². The monoisotopic (exact) mass is 499 g/mol. The minimum atomic E-state index is -3.67. The Kier molecular flexibility index (Phi) is 9.45. The van der Waals surface area contributed by atoms with Crippen molar-refractivity contribution in [1.82, 2.24) is 15.5 Å². The Morgan fingerprint density at radius 1 is 0.971 bits per heavy atom. The van der Waals surface area contributed by atoms with E-state index in [4.69, 9.17) is 4.74 Å². The summed E-state index contributed by atoms with van der Waals surface area (Å²) < 4.78 is 30.8. The molecule has 1 aliphatic rings. The van der Waals surface area contributed by atoms with Crippen molar-refractivity contribution in [2.75, 3.05) is 26.3 Å². The quantitative estimate of drug-likeness (QED) is 0.552. The molecule has 2 unspecified atom stereocenters. The molecular formula is C26H33N3O5S. The van der Waals surface area contributed by atoms with Crippen LogP contribution in [0.15, 0.2) is 77.0 Å². The summed E-state index contributed by atoms with van der Waals surface area (Å²) in [5, 5.41) is 6.89. The average molecular weight is 500 g/mol. The number of carbonyl (C=O) groups is 2. The third-order valence-electron chi connectivity index (χ3n) is 5.71. The molecular weight excluding hydrogens is 466 g/mol. The molecule has 0 aromatic heterocycles. The molecule has 2 aromatic rings. The highest BCUT2D eigenvalue weighted by molar-refractivity contribution is 7.94. The molecule has 2 atom stereocenters. The van der Waals surface area contributed by atoms with Gasteiger partial charge >= 0.3 is 6.03 Å². The molecule has 3 amide bonds. The summed E-state index contributed by atoms with van der Waals surface area (Å²) in [7, 11) is -3.67. The highest BCUT2D eigenvalue weighted by Crippen LogP contribution is 2.13. The van der Waals surface area contributed by atoms with Crippen molar-refractivity contribution >= 4 is 21.8 Å². The Morgan fingerprint density at radius 3 is 2.17 bits per heavy atom. The number of rotatable bonds is 9. The van der Waals surface area contributed by atoms with Crippen molar-refractivity contribution in [3.63, 3.8) is 0 Å². The Hall–Kier alpha value is -3.17. The number of amides is 3. The first-order valence-electron chi connectivity index (χ1n) is 11.7. The number of hydrogen-bond donors (Lipinski definition) is 2. The minimum absolute atomic E-state index is 0.172. The first-order chi connectivity index (χ1) is 16.8. The number of sulfone groups is 1. The van der Waals surface area contributed by atoms with Crippen LogP contribution in [0.2, 0.25) is 0 Å². The van der Waals surface area contributed by atoms with Crippen LogP contribution in [0.3, 0.4) is 0 Å². The number of hydrogen-bond acceptors (Lipinski definition) is 5. The lowest BCUT2D eigenvalue weighted by Gasteiger charge is -2.30. The van der Waals surface area contributed by atoms with E-state index in [1.54, 1.807) is 23.1 Å². The largest absolute Gasteiger partial charge is 0.378 e. The lowest BCUT2D eigenvalue weighted by atomic mass is 10.0. The molecule has 2 aromatic carbocycles. The van der Waals surface area contributed by atoms with Crippen molar-refractivity contribution in [1.29, 1.82) is 0 Å². The van der Waals surface area contributed by atoms with Crippen LogP contribution in [-0.2, 0) is 25.8 Å². The number of morpholine rings is 1. The van der Waals surface area contributed by atoms with Crippen molar-refractivity contribution in [2.45, 2.75) is 37.2 Å². The second kappa shape index (κ2) is 12.5. The number of benzene rings is 2. The first kappa shape index (κ1) is 26.4. The van der Waals surface area contributed by atoms with Gasteiger partial charge in [0.25, 0.3) is 0 Å². The molecule has 1 aliphatic heterocycles. The Bertz CT molecular complexity index is 1100. The number of ether oxygens (including phenoxy) is 1. The summed E-state index contributed by atoms with van der Waals surface area (Å²) in [6.45, 7) is 5.57. The van der Waals surface area contributed by atoms with Crippen LogP contribution < -0.4 is 10.6 Å². The first-order valence-corrected chi connectivity index (χ1v) is 13.3. The zero-order chi connectivity index (χ0) is 25.3. The number of carbonyl (C=O) groups excluding carboxylic acids is 2. The number of nitrogens with one attached hydrogen (secondary N) is 2. The summed E-state index contributed by atoms with van der Waals surface area (Å²) in [5.41, 5.74) is 0.943. The van der Waals surface area contributed by atoms with E-state index >= 15 is 0 Å². The van der Waals surface area contributed by atoms with Crippen molar-refractivity contribution in [2.24, 2.45) is 5.92 Å². The summed E-state index contributed by atoms with van der Waals surface area (Å²) in [6.07, 6.45) is 1.89. The SMILES string of the molecule is CC(C)C(NC(=O)N1CCOCC1)C(=O)NC(C=CS(=O)(=O)c1ccccc1)Cc1ccccc1. The zero-order valence-corrected chi connectivity index (χ0v) is 20.9. The van der Waals surface area contributed by atoms with E-state index in [1.807, 2.05) is 44.2 Å². The Balaban J connectivity index is 1.76. The van der Waals surface area contributed by atoms with Crippen LogP contribution in [0.25, 0.3) is 0 Å². The molecule has 0 bridgehead atoms. The minimum Gasteiger partial charge on any atom is -0.378 e. The predicted molar refractivity (Wildman–Crippen MR) is 134 cm³/mol. The molecule has 1 heterocycles. The molecule has 0 radical (unpaired) electrons. The smallest absolute Gasteiger partial charge is 0.318 e. The van der Waals surface area contributed by atoms with Gasteiger partial charge in [0.05, 0.1) is 24.2 Å². The van der Waals surface area contributed by atoms with Crippen molar-refractivity contribution in [3.05, 3.63) is 77.7 Å². The lowest BCUT2D eigenvalue weighted by Crippen LogP contribution is -2.56. The molecule has 0 aliphatic carbocycles. The highest BCUT2D eigenvalue weighted by atomic mass is 32.2. The van der Waals surface area contributed by atoms with Gasteiger partial charge in [0.2, 0.25) is 5.91 Å². The number of nitrogens with zero attached hydrogens (tertiary/aromatic N) is 1. The van der Waals surface area contributed by atoms with Crippen molar-refractivity contribution in [3.8, 4) is 0 Å². The molecule has 1 saturated heterocycles. The van der Waals surface area contributed by atoms with E-state index in [-0.39, 0.29) is 22.8 Å². The lowest BCUT2D eigenvalue weighted by molar-refractivity contribution is -0.124. The second-order valence-electron chi connectivity index (χ2n) is 8.76. The summed E-state index contributed by atoms with van der Waals surface area (Å²) in [5.74, 6) is -0.543. The summed E-state index contributed by atoms with van der Waals surface area (Å²) >= 11 is 0. The Morgan fingerprint density at radius 2 is 1.57 bits per heavy atom. The molecule has 0 spiro atoms. The molecule has 1 fully saturated rings. The van der Waals surface area contributed by atoms with Crippen LogP contribution in [0, 0.1) is 5.92 Å². The summed E-state index contributed by atoms with van der Waals surface area (Å²) in [4.78, 5) is 27.7. The van der Waals surface area contributed by atoms with Crippen LogP contribution in [0.4, 0.5) is 4.79 Å². The van der Waals surface area contributed by atoms with E-state index in [0.29, 0.717) is 32.7 Å². The fourth-order valence-electron chi connectivity index (χ4n) is 3.72. The molecule has 9 heteroatoms. The van der Waals surface area contributed by atoms with Crippen LogP contribution in [-0.4, -0.2) is 63.6 Å². The van der Waals surface area contributed by atoms with Crippen molar-refractivity contribution < 1.29 is 22.7 Å². The molecule has 2 N–H and O–H groups in total. The van der Waals surface area contributed by atoms with Gasteiger partial charge in [-0.25, -0.2) is 13.2 Å². The molecule has 0 saturated carbocycles. The van der Waals surface area contributed by atoms with Crippen LogP contribution in [0.5, 0.6) is 0 Å². The van der Waals surface area contributed by atoms with E-state index in [9.17, 15) is 18.0 Å². The predicted octanol–water partition coefficient (Wildman–Crippen LogP) is 2.77. The molecule has 188 valence electrons. The third-order valence-corrected chi connectivity index (χ3v) is 7.16. The topological polar surface area (TPSA) is 105 Å². The molecule has 35 heavy (non-hydrogen) atoms. The van der Waals surface area contributed by atoms with Gasteiger partial charge in [-0.3, -0.25) is 4.79 Å². The standard InChI is InChI=1S/C26H33N3O5S/c1-20(2)24(28-26(31)29-14-16-34-17-15-29)25(30)27-22(19-21-9-5-3-6-10-21)13-18-35(32,33)23-11-7-4-8-12-23/h3-13,18,20,22,24H,14-17,19H2,1-2H3,(H,27,30)(H,28,31). The zero-order valence-electron chi connectivity index (χ0n) is 20.1. The van der Waals surface area contributed by atoms with Gasteiger partial charge in [-0.05, 0) is 30.0 Å². The maximum absolute atomic E-state index is 13.2. The van der Waals surface area contributed by atoms with Crippen LogP contribution in [0.1, 0.15) is 19.4 Å². The van der Waals surface area contributed by atoms with Crippen LogP contribution >= 0.6 is 0 Å². The maximum atomic E-state index is 13.2. The fourth-order valence-corrected chi connectivity index (χ4v) is 4.81. The third kappa shape index (κ3) is 7.93. The van der Waals surface area contributed by atoms with E-state index in [0.717, 1.165) is 11.0 Å². The normalized spacial score (nSPS) is 16.1. The maximum Gasteiger partial charge on any atom is 0.318 e. The average Bonchev–Trinajstić information content (AvgIpc) is 2.87. The highest BCUT2D eigenvalue weighted by Gasteiger charge is 2.28. The van der Waals surface area contributed by atoms with Gasteiger partial charge < -0.3 is 20.3 Å². The van der Waals surface area contributed by atoms with Gasteiger partial charge in [-0.2, -0.15) is 0 Å². The number of urea groups is 1. The Labute approximate surface area is 207 Å². The fraction of sp³-hybridized carbons (Fsp3) is 0.385. The van der Waals surface area contributed by atoms with Gasteiger partial charge in [0.15, 0.2) is 9.84 Å². The van der Waals surface area contributed by atoms with E-state index in [2.05, 4.69) is 10.6 Å². The van der Waals surface area contributed by atoms with E-state index < -0.39 is 21.9 Å². The van der Waals surface area contributed by atoms with Gasteiger partial charge in [0.1, 0.15) is 6.04 Å². The second-order valence-corrected chi connectivity index (χ2v) is 10.6. The summed E-state index contributed by atoms with van der Waals surface area (Å²) in [6, 6.07) is 15.9. The molecule has 8 nitrogen and oxygen atoms in total. The molecule has 3 rings (SSSR count). The van der Waals surface area contributed by atoms with Gasteiger partial charge in [-0.15, -0.1) is 0 Å². The van der Waals surface area contributed by atoms with Gasteiger partial charge in [0, 0.05) is 18.5 Å².